The van der Waals surface area contributed by atoms with E-state index in [-0.39, 0.29) is 12.3 Å². The molecule has 6 heteroatoms. The van der Waals surface area contributed by atoms with E-state index in [1.54, 1.807) is 12.1 Å². The van der Waals surface area contributed by atoms with Gasteiger partial charge in [0.25, 0.3) is 0 Å². The van der Waals surface area contributed by atoms with Crippen LogP contribution in [0.3, 0.4) is 0 Å². The molecule has 1 aliphatic rings. The fourth-order valence-corrected chi connectivity index (χ4v) is 3.79. The molecule has 0 bridgehead atoms. The molecule has 1 aromatic rings. The molecule has 4 nitrogen and oxygen atoms in total. The molecule has 2 rings (SSSR count). The molecule has 19 heavy (non-hydrogen) atoms. The van der Waals surface area contributed by atoms with Gasteiger partial charge < -0.3 is 5.11 Å². The maximum Gasteiger partial charge on any atom is 0.215 e. The zero-order valence-corrected chi connectivity index (χ0v) is 13.0. The fourth-order valence-electron chi connectivity index (χ4n) is 2.31. The van der Waals surface area contributed by atoms with E-state index in [1.165, 1.54) is 0 Å². The Kier molecular flexibility index (Phi) is 4.66. The lowest BCUT2D eigenvalue weighted by atomic mass is 10.0. The fraction of sp³-hybridized carbons (Fsp3) is 0.538. The van der Waals surface area contributed by atoms with E-state index in [4.69, 9.17) is 0 Å². The van der Waals surface area contributed by atoms with Crippen molar-refractivity contribution in [2.75, 3.05) is 6.54 Å². The standard InChI is InChI=1S/C13H18BrNO3S/c14-12-5-3-11(4-6-12)9-19(17,18)15-10-13(16)7-1-2-8-13/h3-6,15-16H,1-2,7-10H2. The van der Waals surface area contributed by atoms with Gasteiger partial charge in [-0.15, -0.1) is 0 Å². The Morgan fingerprint density at radius 2 is 1.79 bits per heavy atom. The van der Waals surface area contributed by atoms with E-state index in [0.717, 1.165) is 22.9 Å². The van der Waals surface area contributed by atoms with E-state index >= 15 is 0 Å². The Labute approximate surface area is 122 Å². The van der Waals surface area contributed by atoms with Gasteiger partial charge in [-0.3, -0.25) is 0 Å². The van der Waals surface area contributed by atoms with Crippen molar-refractivity contribution in [1.29, 1.82) is 0 Å². The van der Waals surface area contributed by atoms with E-state index in [9.17, 15) is 13.5 Å². The molecule has 1 aromatic carbocycles. The molecule has 0 spiro atoms. The Bertz CT molecular complexity index is 521. The van der Waals surface area contributed by atoms with Crippen LogP contribution < -0.4 is 4.72 Å². The first kappa shape index (κ1) is 15.0. The summed E-state index contributed by atoms with van der Waals surface area (Å²) in [7, 11) is -3.40. The average molecular weight is 348 g/mol. The minimum absolute atomic E-state index is 0.0592. The molecule has 1 aliphatic carbocycles. The van der Waals surface area contributed by atoms with Gasteiger partial charge in [0.1, 0.15) is 0 Å². The Hall–Kier alpha value is -0.430. The topological polar surface area (TPSA) is 66.4 Å². The van der Waals surface area contributed by atoms with Crippen LogP contribution in [0, 0.1) is 0 Å². The van der Waals surface area contributed by atoms with Gasteiger partial charge in [0, 0.05) is 11.0 Å². The molecule has 1 saturated carbocycles. The molecule has 106 valence electrons. The molecule has 0 atom stereocenters. The Balaban J connectivity index is 1.93. The van der Waals surface area contributed by atoms with E-state index < -0.39 is 15.6 Å². The van der Waals surface area contributed by atoms with Crippen LogP contribution in [0.1, 0.15) is 31.2 Å². The van der Waals surface area contributed by atoms with Crippen LogP contribution in [-0.4, -0.2) is 25.7 Å². The predicted octanol–water partition coefficient (Wildman–Crippen LogP) is 2.17. The molecule has 0 saturated heterocycles. The van der Waals surface area contributed by atoms with Crippen molar-refractivity contribution in [3.8, 4) is 0 Å². The number of benzene rings is 1. The van der Waals surface area contributed by atoms with Crippen molar-refractivity contribution in [3.63, 3.8) is 0 Å². The quantitative estimate of drug-likeness (QED) is 0.857. The number of hydrogen-bond donors (Lipinski definition) is 2. The highest BCUT2D eigenvalue weighted by atomic mass is 79.9. The highest BCUT2D eigenvalue weighted by molar-refractivity contribution is 9.10. The summed E-state index contributed by atoms with van der Waals surface area (Å²) in [4.78, 5) is 0. The summed E-state index contributed by atoms with van der Waals surface area (Å²) in [6.45, 7) is 0.117. The molecule has 0 aromatic heterocycles. The van der Waals surface area contributed by atoms with Crippen molar-refractivity contribution in [2.45, 2.75) is 37.0 Å². The summed E-state index contributed by atoms with van der Waals surface area (Å²) in [6.07, 6.45) is 3.28. The first-order chi connectivity index (χ1) is 8.89. The molecule has 0 radical (unpaired) electrons. The second-order valence-electron chi connectivity index (χ2n) is 5.14. The minimum Gasteiger partial charge on any atom is -0.389 e. The van der Waals surface area contributed by atoms with Crippen molar-refractivity contribution >= 4 is 26.0 Å². The van der Waals surface area contributed by atoms with Gasteiger partial charge in [0.15, 0.2) is 0 Å². The second-order valence-corrected chi connectivity index (χ2v) is 7.86. The van der Waals surface area contributed by atoms with Crippen LogP contribution in [0.25, 0.3) is 0 Å². The average Bonchev–Trinajstić information content (AvgIpc) is 2.78. The third kappa shape index (κ3) is 4.56. The Morgan fingerprint density at radius 1 is 1.21 bits per heavy atom. The summed E-state index contributed by atoms with van der Waals surface area (Å²) in [5.74, 6) is -0.0592. The summed E-state index contributed by atoms with van der Waals surface area (Å²) < 4.78 is 27.3. The number of rotatable bonds is 5. The van der Waals surface area contributed by atoms with E-state index in [2.05, 4.69) is 20.7 Å². The maximum absolute atomic E-state index is 11.9. The summed E-state index contributed by atoms with van der Waals surface area (Å²) in [5.41, 5.74) is -0.124. The van der Waals surface area contributed by atoms with Crippen molar-refractivity contribution in [3.05, 3.63) is 34.3 Å². The number of nitrogens with one attached hydrogen (secondary N) is 1. The van der Waals surface area contributed by atoms with Gasteiger partial charge in [0.05, 0.1) is 11.4 Å². The van der Waals surface area contributed by atoms with Crippen molar-refractivity contribution in [2.24, 2.45) is 0 Å². The van der Waals surface area contributed by atoms with Crippen LogP contribution in [0.4, 0.5) is 0 Å². The summed E-state index contributed by atoms with van der Waals surface area (Å²) in [5, 5.41) is 10.1. The van der Waals surface area contributed by atoms with Crippen LogP contribution >= 0.6 is 15.9 Å². The lowest BCUT2D eigenvalue weighted by Crippen LogP contribution is -2.41. The largest absolute Gasteiger partial charge is 0.389 e. The molecular weight excluding hydrogens is 330 g/mol. The highest BCUT2D eigenvalue weighted by Crippen LogP contribution is 2.28. The summed E-state index contributed by atoms with van der Waals surface area (Å²) in [6, 6.07) is 7.17. The summed E-state index contributed by atoms with van der Waals surface area (Å²) >= 11 is 3.31. The molecule has 0 aliphatic heterocycles. The molecule has 0 heterocycles. The van der Waals surface area contributed by atoms with Crippen molar-refractivity contribution in [1.82, 2.24) is 4.72 Å². The van der Waals surface area contributed by atoms with Gasteiger partial charge in [-0.25, -0.2) is 13.1 Å². The first-order valence-electron chi connectivity index (χ1n) is 6.33. The van der Waals surface area contributed by atoms with Crippen LogP contribution in [0.2, 0.25) is 0 Å². The zero-order valence-electron chi connectivity index (χ0n) is 10.6. The molecular formula is C13H18BrNO3S. The first-order valence-corrected chi connectivity index (χ1v) is 8.77. The van der Waals surface area contributed by atoms with Crippen LogP contribution in [0.5, 0.6) is 0 Å². The number of hydrogen-bond acceptors (Lipinski definition) is 3. The lowest BCUT2D eigenvalue weighted by molar-refractivity contribution is 0.0531. The van der Waals surface area contributed by atoms with E-state index in [1.807, 2.05) is 12.1 Å². The van der Waals surface area contributed by atoms with E-state index in [0.29, 0.717) is 12.8 Å². The second kappa shape index (κ2) is 5.91. The Morgan fingerprint density at radius 3 is 2.37 bits per heavy atom. The monoisotopic (exact) mass is 347 g/mol. The number of sulfonamides is 1. The van der Waals surface area contributed by atoms with Crippen LogP contribution in [0.15, 0.2) is 28.7 Å². The SMILES string of the molecule is O=S(=O)(Cc1ccc(Br)cc1)NCC1(O)CCCC1. The lowest BCUT2D eigenvalue weighted by Gasteiger charge is -2.22. The molecule has 1 fully saturated rings. The maximum atomic E-state index is 11.9. The molecule has 0 unspecified atom stereocenters. The van der Waals surface area contributed by atoms with Gasteiger partial charge in [0.2, 0.25) is 10.0 Å². The third-order valence-electron chi connectivity index (χ3n) is 3.43. The third-order valence-corrected chi connectivity index (χ3v) is 5.25. The number of halogens is 1. The minimum atomic E-state index is -3.40. The van der Waals surface area contributed by atoms with Gasteiger partial charge >= 0.3 is 0 Å². The van der Waals surface area contributed by atoms with Crippen molar-refractivity contribution < 1.29 is 13.5 Å². The van der Waals surface area contributed by atoms with Gasteiger partial charge in [-0.1, -0.05) is 40.9 Å². The number of aliphatic hydroxyl groups is 1. The van der Waals surface area contributed by atoms with Gasteiger partial charge in [-0.2, -0.15) is 0 Å². The smallest absolute Gasteiger partial charge is 0.215 e. The highest BCUT2D eigenvalue weighted by Gasteiger charge is 2.32. The zero-order chi connectivity index (χ0) is 13.9. The van der Waals surface area contributed by atoms with Crippen LogP contribution in [-0.2, 0) is 15.8 Å². The molecule has 2 N–H and O–H groups in total. The molecule has 0 amide bonds. The predicted molar refractivity (Wildman–Crippen MR) is 78.2 cm³/mol. The van der Waals surface area contributed by atoms with Gasteiger partial charge in [-0.05, 0) is 30.5 Å². The normalized spacial score (nSPS) is 18.6.